The van der Waals surface area contributed by atoms with E-state index in [9.17, 15) is 0 Å². The largest absolute Gasteiger partial charge is 0.492 e. The predicted octanol–water partition coefficient (Wildman–Crippen LogP) is 3.18. The van der Waals surface area contributed by atoms with E-state index in [1.54, 1.807) is 0 Å². The van der Waals surface area contributed by atoms with Gasteiger partial charge in [-0.15, -0.1) is 6.58 Å². The van der Waals surface area contributed by atoms with E-state index in [0.717, 1.165) is 24.2 Å². The number of hydrogen-bond donors (Lipinski definition) is 1. The third-order valence-corrected chi connectivity index (χ3v) is 2.43. The van der Waals surface area contributed by atoms with Crippen LogP contribution in [0.4, 0.5) is 0 Å². The van der Waals surface area contributed by atoms with Gasteiger partial charge in [0, 0.05) is 6.04 Å². The minimum Gasteiger partial charge on any atom is -0.492 e. The molecule has 0 radical (unpaired) electrons. The van der Waals surface area contributed by atoms with Crippen molar-refractivity contribution in [3.05, 3.63) is 41.4 Å². The highest BCUT2D eigenvalue weighted by atomic mass is 35.5. The zero-order valence-electron chi connectivity index (χ0n) is 9.58. The van der Waals surface area contributed by atoms with Crippen molar-refractivity contribution in [2.75, 3.05) is 6.61 Å². The fourth-order valence-electron chi connectivity index (χ4n) is 1.41. The molecule has 0 aliphatic carbocycles. The molecule has 0 amide bonds. The summed E-state index contributed by atoms with van der Waals surface area (Å²) in [5.41, 5.74) is 6.86. The molecular weight excluding hydrogens is 222 g/mol. The van der Waals surface area contributed by atoms with Gasteiger partial charge in [0.25, 0.3) is 0 Å². The Morgan fingerprint density at radius 2 is 2.31 bits per heavy atom. The number of ether oxygens (including phenoxy) is 1. The summed E-state index contributed by atoms with van der Waals surface area (Å²) in [6, 6.07) is 5.94. The Kier molecular flexibility index (Phi) is 5.36. The SMILES string of the molecule is C=CCCOc1ccc(CC(C)N)cc1Cl. The Hall–Kier alpha value is -0.990. The van der Waals surface area contributed by atoms with Gasteiger partial charge in [-0.2, -0.15) is 0 Å². The second-order valence-corrected chi connectivity index (χ2v) is 4.28. The third kappa shape index (κ3) is 4.25. The minimum atomic E-state index is 0.142. The molecule has 0 bridgehead atoms. The Labute approximate surface area is 102 Å². The van der Waals surface area contributed by atoms with Gasteiger partial charge in [-0.05, 0) is 37.5 Å². The van der Waals surface area contributed by atoms with E-state index in [1.807, 2.05) is 31.2 Å². The minimum absolute atomic E-state index is 0.142. The molecule has 1 unspecified atom stereocenters. The molecule has 0 fully saturated rings. The zero-order chi connectivity index (χ0) is 12.0. The van der Waals surface area contributed by atoms with Crippen LogP contribution < -0.4 is 10.5 Å². The van der Waals surface area contributed by atoms with Crippen LogP contribution in [0, 0.1) is 0 Å². The number of benzene rings is 1. The van der Waals surface area contributed by atoms with Crippen LogP contribution in [0.3, 0.4) is 0 Å². The van der Waals surface area contributed by atoms with Gasteiger partial charge in [0.2, 0.25) is 0 Å². The Morgan fingerprint density at radius 3 is 2.88 bits per heavy atom. The van der Waals surface area contributed by atoms with Gasteiger partial charge in [-0.1, -0.05) is 23.7 Å². The summed E-state index contributed by atoms with van der Waals surface area (Å²) in [6.07, 6.45) is 3.46. The summed E-state index contributed by atoms with van der Waals surface area (Å²) in [4.78, 5) is 0. The van der Waals surface area contributed by atoms with Crippen molar-refractivity contribution in [2.45, 2.75) is 25.8 Å². The fraction of sp³-hybridized carbons (Fsp3) is 0.385. The topological polar surface area (TPSA) is 35.2 Å². The standard InChI is InChI=1S/C13H18ClNO/c1-3-4-7-16-13-6-5-11(8-10(2)15)9-12(13)14/h3,5-6,9-10H,1,4,7-8,15H2,2H3. The monoisotopic (exact) mass is 239 g/mol. The summed E-state index contributed by atoms with van der Waals surface area (Å²) in [5.74, 6) is 0.719. The summed E-state index contributed by atoms with van der Waals surface area (Å²) < 4.78 is 5.50. The van der Waals surface area contributed by atoms with E-state index < -0.39 is 0 Å². The van der Waals surface area contributed by atoms with Crippen molar-refractivity contribution < 1.29 is 4.74 Å². The van der Waals surface area contributed by atoms with Crippen LogP contribution in [0.5, 0.6) is 5.75 Å². The summed E-state index contributed by atoms with van der Waals surface area (Å²) >= 11 is 6.10. The third-order valence-electron chi connectivity index (χ3n) is 2.13. The van der Waals surface area contributed by atoms with Crippen molar-refractivity contribution in [1.82, 2.24) is 0 Å². The van der Waals surface area contributed by atoms with Crippen molar-refractivity contribution in [1.29, 1.82) is 0 Å². The molecule has 0 aliphatic rings. The maximum absolute atomic E-state index is 6.10. The highest BCUT2D eigenvalue weighted by molar-refractivity contribution is 6.32. The van der Waals surface area contributed by atoms with Gasteiger partial charge in [-0.3, -0.25) is 0 Å². The van der Waals surface area contributed by atoms with E-state index >= 15 is 0 Å². The van der Waals surface area contributed by atoms with Crippen LogP contribution in [0.15, 0.2) is 30.9 Å². The lowest BCUT2D eigenvalue weighted by Gasteiger charge is -2.10. The van der Waals surface area contributed by atoms with Gasteiger partial charge in [0.1, 0.15) is 5.75 Å². The maximum atomic E-state index is 6.10. The average molecular weight is 240 g/mol. The van der Waals surface area contributed by atoms with Gasteiger partial charge >= 0.3 is 0 Å². The normalized spacial score (nSPS) is 12.2. The first-order valence-corrected chi connectivity index (χ1v) is 5.79. The first-order chi connectivity index (χ1) is 7.63. The molecule has 3 heteroatoms. The molecule has 88 valence electrons. The molecule has 2 N–H and O–H groups in total. The first-order valence-electron chi connectivity index (χ1n) is 5.41. The van der Waals surface area contributed by atoms with Crippen molar-refractivity contribution in [2.24, 2.45) is 5.73 Å². The number of rotatable bonds is 6. The Morgan fingerprint density at radius 1 is 1.56 bits per heavy atom. The van der Waals surface area contributed by atoms with Crippen molar-refractivity contribution >= 4 is 11.6 Å². The maximum Gasteiger partial charge on any atom is 0.137 e. The van der Waals surface area contributed by atoms with E-state index in [2.05, 4.69) is 6.58 Å². The van der Waals surface area contributed by atoms with Crippen molar-refractivity contribution in [3.63, 3.8) is 0 Å². The molecule has 0 saturated heterocycles. The molecule has 16 heavy (non-hydrogen) atoms. The van der Waals surface area contributed by atoms with Crippen LogP contribution in [0.2, 0.25) is 5.02 Å². The number of nitrogens with two attached hydrogens (primary N) is 1. The van der Waals surface area contributed by atoms with Gasteiger partial charge in [0.05, 0.1) is 11.6 Å². The van der Waals surface area contributed by atoms with Crippen LogP contribution in [0.1, 0.15) is 18.9 Å². The molecule has 0 aromatic heterocycles. The molecule has 1 aromatic rings. The summed E-state index contributed by atoms with van der Waals surface area (Å²) in [7, 11) is 0. The summed E-state index contributed by atoms with van der Waals surface area (Å²) in [6.45, 7) is 6.22. The van der Waals surface area contributed by atoms with E-state index in [-0.39, 0.29) is 6.04 Å². The molecule has 2 nitrogen and oxygen atoms in total. The lowest BCUT2D eigenvalue weighted by molar-refractivity contribution is 0.325. The van der Waals surface area contributed by atoms with E-state index in [4.69, 9.17) is 22.1 Å². The van der Waals surface area contributed by atoms with Crippen LogP contribution in [-0.4, -0.2) is 12.6 Å². The molecule has 0 spiro atoms. The lowest BCUT2D eigenvalue weighted by Crippen LogP contribution is -2.17. The van der Waals surface area contributed by atoms with Gasteiger partial charge < -0.3 is 10.5 Å². The van der Waals surface area contributed by atoms with Gasteiger partial charge in [-0.25, -0.2) is 0 Å². The lowest BCUT2D eigenvalue weighted by atomic mass is 10.1. The van der Waals surface area contributed by atoms with E-state index in [1.165, 1.54) is 0 Å². The van der Waals surface area contributed by atoms with Crippen LogP contribution in [0.25, 0.3) is 0 Å². The smallest absolute Gasteiger partial charge is 0.137 e. The quantitative estimate of drug-likeness (QED) is 0.611. The molecule has 1 atom stereocenters. The average Bonchev–Trinajstić information content (AvgIpc) is 2.20. The fourth-order valence-corrected chi connectivity index (χ4v) is 1.67. The van der Waals surface area contributed by atoms with Crippen LogP contribution in [-0.2, 0) is 6.42 Å². The second-order valence-electron chi connectivity index (χ2n) is 3.87. The molecule has 0 aliphatic heterocycles. The number of halogens is 1. The van der Waals surface area contributed by atoms with Crippen LogP contribution >= 0.6 is 11.6 Å². The Bertz CT molecular complexity index is 350. The first kappa shape index (κ1) is 13.1. The molecule has 0 heterocycles. The molecule has 0 saturated carbocycles. The van der Waals surface area contributed by atoms with Gasteiger partial charge in [0.15, 0.2) is 0 Å². The highest BCUT2D eigenvalue weighted by Crippen LogP contribution is 2.26. The predicted molar refractivity (Wildman–Crippen MR) is 69.1 cm³/mol. The van der Waals surface area contributed by atoms with E-state index in [0.29, 0.717) is 11.6 Å². The Balaban J connectivity index is 2.63. The van der Waals surface area contributed by atoms with Crippen molar-refractivity contribution in [3.8, 4) is 5.75 Å². The molecular formula is C13H18ClNO. The number of hydrogen-bond acceptors (Lipinski definition) is 2. The second kappa shape index (κ2) is 6.56. The molecule has 1 aromatic carbocycles. The summed E-state index contributed by atoms with van der Waals surface area (Å²) in [5, 5.41) is 0.641. The zero-order valence-corrected chi connectivity index (χ0v) is 10.3. The molecule has 1 rings (SSSR count). The highest BCUT2D eigenvalue weighted by Gasteiger charge is 2.04.